The summed E-state index contributed by atoms with van der Waals surface area (Å²) in [7, 11) is 0. The molecule has 0 spiro atoms. The lowest BCUT2D eigenvalue weighted by Crippen LogP contribution is -2.14. The number of fused-ring (bicyclic) bond motifs is 3. The van der Waals surface area contributed by atoms with Gasteiger partial charge in [-0.1, -0.05) is 48.2 Å². The predicted octanol–water partition coefficient (Wildman–Crippen LogP) is 4.27. The number of carbonyl (C=O) groups excluding carboxylic acids is 1. The minimum Gasteiger partial charge on any atom is -0.325 e. The van der Waals surface area contributed by atoms with Crippen LogP contribution in [-0.2, 0) is 4.79 Å². The second kappa shape index (κ2) is 7.00. The normalized spacial score (nSPS) is 11.1. The van der Waals surface area contributed by atoms with E-state index >= 15 is 0 Å². The average molecular weight is 395 g/mol. The van der Waals surface area contributed by atoms with Crippen molar-refractivity contribution >= 4 is 34.1 Å². The Labute approximate surface area is 170 Å². The molecule has 138 valence electrons. The zero-order valence-corrected chi connectivity index (χ0v) is 15.9. The highest BCUT2D eigenvalue weighted by Crippen LogP contribution is 2.44. The highest BCUT2D eigenvalue weighted by molar-refractivity contribution is 7.99. The Morgan fingerprint density at radius 3 is 2.41 bits per heavy atom. The van der Waals surface area contributed by atoms with Gasteiger partial charge in [-0.15, -0.1) is 10.2 Å². The molecule has 0 unspecified atom stereocenters. The van der Waals surface area contributed by atoms with Crippen molar-refractivity contribution in [2.24, 2.45) is 0 Å². The first-order valence-corrected chi connectivity index (χ1v) is 9.91. The van der Waals surface area contributed by atoms with Crippen molar-refractivity contribution in [1.82, 2.24) is 15.2 Å². The molecular formula is C22H13N5OS. The summed E-state index contributed by atoms with van der Waals surface area (Å²) in [6.45, 7) is 0. The van der Waals surface area contributed by atoms with Crippen LogP contribution in [0.3, 0.4) is 0 Å². The molecule has 0 atom stereocenters. The number of carbonyl (C=O) groups is 1. The molecule has 29 heavy (non-hydrogen) atoms. The highest BCUT2D eigenvalue weighted by atomic mass is 32.2. The molecule has 6 nitrogen and oxygen atoms in total. The smallest absolute Gasteiger partial charge is 0.234 e. The molecule has 1 heterocycles. The number of anilines is 1. The van der Waals surface area contributed by atoms with Gasteiger partial charge in [-0.3, -0.25) is 4.79 Å². The van der Waals surface area contributed by atoms with Crippen molar-refractivity contribution in [1.29, 1.82) is 5.26 Å². The standard InChI is InChI=1S/C22H13N5OS/c23-11-13-7-9-15(10-8-13)24-18(28)12-29-22-25-20-16-5-1-3-14-4-2-6-17(19(14)16)21(20)26-27-22/h1-10H,12H2,(H,24,28). The fraction of sp³-hybridized carbons (Fsp3) is 0.0455. The molecule has 0 radical (unpaired) electrons. The number of thioether (sulfide) groups is 1. The van der Waals surface area contributed by atoms with Gasteiger partial charge >= 0.3 is 0 Å². The van der Waals surface area contributed by atoms with E-state index in [1.807, 2.05) is 30.3 Å². The summed E-state index contributed by atoms with van der Waals surface area (Å²) in [6, 6.07) is 21.0. The average Bonchev–Trinajstić information content (AvgIpc) is 3.08. The van der Waals surface area contributed by atoms with Crippen LogP contribution in [0.2, 0.25) is 0 Å². The molecule has 1 N–H and O–H groups in total. The first-order chi connectivity index (χ1) is 14.2. The molecule has 1 aliphatic rings. The second-order valence-corrected chi connectivity index (χ2v) is 7.47. The fourth-order valence-corrected chi connectivity index (χ4v) is 4.02. The summed E-state index contributed by atoms with van der Waals surface area (Å²) in [4.78, 5) is 16.9. The second-order valence-electron chi connectivity index (χ2n) is 6.53. The summed E-state index contributed by atoms with van der Waals surface area (Å²) in [5.41, 5.74) is 4.87. The molecule has 4 aromatic rings. The number of aromatic nitrogens is 3. The molecule has 7 heteroatoms. The van der Waals surface area contributed by atoms with Gasteiger partial charge in [0.1, 0.15) is 11.4 Å². The topological polar surface area (TPSA) is 91.6 Å². The lowest BCUT2D eigenvalue weighted by Gasteiger charge is -2.05. The van der Waals surface area contributed by atoms with E-state index in [2.05, 4.69) is 32.6 Å². The van der Waals surface area contributed by atoms with Gasteiger partial charge in [-0.2, -0.15) is 5.26 Å². The predicted molar refractivity (Wildman–Crippen MR) is 112 cm³/mol. The maximum absolute atomic E-state index is 12.2. The first-order valence-electron chi connectivity index (χ1n) is 8.93. The molecule has 5 rings (SSSR count). The minimum absolute atomic E-state index is 0.164. The summed E-state index contributed by atoms with van der Waals surface area (Å²) in [6.07, 6.45) is 0. The Morgan fingerprint density at radius 2 is 1.69 bits per heavy atom. The van der Waals surface area contributed by atoms with Gasteiger partial charge in [0.25, 0.3) is 0 Å². The van der Waals surface area contributed by atoms with Crippen LogP contribution in [0.15, 0.2) is 65.8 Å². The summed E-state index contributed by atoms with van der Waals surface area (Å²) in [5.74, 6) is -0.00774. The number of amides is 1. The van der Waals surface area contributed by atoms with Gasteiger partial charge in [-0.25, -0.2) is 4.98 Å². The number of nitrogens with zero attached hydrogens (tertiary/aromatic N) is 4. The molecule has 1 amide bonds. The van der Waals surface area contributed by atoms with Crippen molar-refractivity contribution < 1.29 is 4.79 Å². The van der Waals surface area contributed by atoms with E-state index in [4.69, 9.17) is 5.26 Å². The molecule has 0 aliphatic heterocycles. The van der Waals surface area contributed by atoms with Crippen molar-refractivity contribution in [3.05, 3.63) is 66.2 Å². The van der Waals surface area contributed by atoms with Crippen LogP contribution in [0.4, 0.5) is 5.69 Å². The molecular weight excluding hydrogens is 382 g/mol. The Hall–Kier alpha value is -3.76. The third kappa shape index (κ3) is 3.10. The number of hydrogen-bond donors (Lipinski definition) is 1. The number of benzene rings is 3. The Bertz CT molecular complexity index is 1310. The largest absolute Gasteiger partial charge is 0.325 e. The number of hydrogen-bond acceptors (Lipinski definition) is 6. The third-order valence-electron chi connectivity index (χ3n) is 4.71. The van der Waals surface area contributed by atoms with Crippen molar-refractivity contribution in [3.8, 4) is 28.6 Å². The SMILES string of the molecule is N#Cc1ccc(NC(=O)CSc2nnc3c(n2)-c2cccc4cccc-3c24)cc1. The summed E-state index contributed by atoms with van der Waals surface area (Å²) >= 11 is 1.24. The van der Waals surface area contributed by atoms with Crippen LogP contribution in [0.25, 0.3) is 33.3 Å². The van der Waals surface area contributed by atoms with E-state index in [-0.39, 0.29) is 11.7 Å². The van der Waals surface area contributed by atoms with Crippen LogP contribution in [-0.4, -0.2) is 26.8 Å². The Morgan fingerprint density at radius 1 is 0.966 bits per heavy atom. The van der Waals surface area contributed by atoms with Crippen LogP contribution in [0.1, 0.15) is 5.56 Å². The Balaban J connectivity index is 1.33. The molecule has 1 aliphatic carbocycles. The monoisotopic (exact) mass is 395 g/mol. The van der Waals surface area contributed by atoms with E-state index in [1.165, 1.54) is 11.8 Å². The third-order valence-corrected chi connectivity index (χ3v) is 5.55. The molecule has 0 fully saturated rings. The van der Waals surface area contributed by atoms with Crippen LogP contribution in [0, 0.1) is 11.3 Å². The number of nitrogens with one attached hydrogen (secondary N) is 1. The van der Waals surface area contributed by atoms with Gasteiger partial charge in [0.15, 0.2) is 0 Å². The molecule has 0 bridgehead atoms. The number of nitriles is 1. The molecule has 0 saturated carbocycles. The van der Waals surface area contributed by atoms with Gasteiger partial charge in [0.05, 0.1) is 17.4 Å². The summed E-state index contributed by atoms with van der Waals surface area (Å²) in [5, 5.41) is 23.0. The van der Waals surface area contributed by atoms with Gasteiger partial charge in [0.2, 0.25) is 11.1 Å². The van der Waals surface area contributed by atoms with E-state index < -0.39 is 0 Å². The fourth-order valence-electron chi connectivity index (χ4n) is 3.43. The quantitative estimate of drug-likeness (QED) is 0.457. The van der Waals surface area contributed by atoms with Gasteiger partial charge < -0.3 is 5.32 Å². The van der Waals surface area contributed by atoms with Crippen LogP contribution in [0.5, 0.6) is 0 Å². The maximum atomic E-state index is 12.2. The Kier molecular flexibility index (Phi) is 4.19. The lowest BCUT2D eigenvalue weighted by atomic mass is 10.0. The maximum Gasteiger partial charge on any atom is 0.234 e. The molecule has 3 aromatic carbocycles. The zero-order chi connectivity index (χ0) is 19.8. The van der Waals surface area contributed by atoms with Crippen molar-refractivity contribution in [2.45, 2.75) is 5.16 Å². The molecule has 1 aromatic heterocycles. The van der Waals surface area contributed by atoms with Crippen LogP contribution < -0.4 is 5.32 Å². The van der Waals surface area contributed by atoms with E-state index in [0.29, 0.717) is 16.4 Å². The zero-order valence-electron chi connectivity index (χ0n) is 15.1. The van der Waals surface area contributed by atoms with E-state index in [9.17, 15) is 4.79 Å². The van der Waals surface area contributed by atoms with Gasteiger partial charge in [-0.05, 0) is 29.7 Å². The van der Waals surface area contributed by atoms with E-state index in [1.54, 1.807) is 24.3 Å². The van der Waals surface area contributed by atoms with Crippen molar-refractivity contribution in [3.63, 3.8) is 0 Å². The van der Waals surface area contributed by atoms with Crippen LogP contribution >= 0.6 is 11.8 Å². The molecule has 0 saturated heterocycles. The summed E-state index contributed by atoms with van der Waals surface area (Å²) < 4.78 is 0. The lowest BCUT2D eigenvalue weighted by molar-refractivity contribution is -0.113. The van der Waals surface area contributed by atoms with Crippen molar-refractivity contribution in [2.75, 3.05) is 11.1 Å². The van der Waals surface area contributed by atoms with E-state index in [0.717, 1.165) is 33.3 Å². The van der Waals surface area contributed by atoms with Gasteiger partial charge in [0, 0.05) is 22.2 Å². The first kappa shape index (κ1) is 17.3. The highest BCUT2D eigenvalue weighted by Gasteiger charge is 2.24. The minimum atomic E-state index is -0.172. The number of rotatable bonds is 4.